The highest BCUT2D eigenvalue weighted by atomic mass is 32.2. The molecule has 2 atom stereocenters. The summed E-state index contributed by atoms with van der Waals surface area (Å²) < 4.78 is 72.8. The lowest BCUT2D eigenvalue weighted by molar-refractivity contribution is -0.163. The highest BCUT2D eigenvalue weighted by Gasteiger charge is 2.48. The van der Waals surface area contributed by atoms with Crippen LogP contribution >= 0.6 is 0 Å². The number of esters is 1. The van der Waals surface area contributed by atoms with Crippen LogP contribution in [0.4, 0.5) is 0 Å². The number of carbonyl (C=O) groups excluding carboxylic acids is 3. The fraction of sp³-hybridized carbons (Fsp3) is 0.545. The van der Waals surface area contributed by atoms with Crippen molar-refractivity contribution in [3.8, 4) is 11.5 Å². The summed E-state index contributed by atoms with van der Waals surface area (Å²) in [5, 5.41) is 0. The lowest BCUT2D eigenvalue weighted by Gasteiger charge is -2.31. The maximum Gasteiger partial charge on any atom is 0.324 e. The molecule has 0 bridgehead atoms. The van der Waals surface area contributed by atoms with E-state index in [0.717, 1.165) is 8.61 Å². The Morgan fingerprint density at radius 1 is 0.735 bits per heavy atom. The van der Waals surface area contributed by atoms with Crippen LogP contribution in [0.3, 0.4) is 0 Å². The number of carbonyl (C=O) groups is 3. The van der Waals surface area contributed by atoms with Crippen molar-refractivity contribution in [3.05, 3.63) is 46.5 Å². The van der Waals surface area contributed by atoms with Crippen LogP contribution in [0.15, 0.2) is 34.1 Å². The van der Waals surface area contributed by atoms with E-state index in [1.54, 1.807) is 21.9 Å². The van der Waals surface area contributed by atoms with E-state index in [-0.39, 0.29) is 46.1 Å². The molecule has 4 heterocycles. The van der Waals surface area contributed by atoms with Gasteiger partial charge in [0.1, 0.15) is 27.3 Å². The molecule has 0 N–H and O–H groups in total. The van der Waals surface area contributed by atoms with E-state index in [2.05, 4.69) is 0 Å². The van der Waals surface area contributed by atoms with Crippen LogP contribution in [0.1, 0.15) is 97.1 Å². The summed E-state index contributed by atoms with van der Waals surface area (Å²) in [6.45, 7) is 7.59. The van der Waals surface area contributed by atoms with E-state index >= 15 is 0 Å². The Morgan fingerprint density at radius 3 is 1.65 bits per heavy atom. The number of sulfonamides is 2. The third kappa shape index (κ3) is 5.85. The smallest absolute Gasteiger partial charge is 0.324 e. The maximum absolute atomic E-state index is 13.7. The molecule has 0 aromatic heterocycles. The molecule has 0 aliphatic carbocycles. The molecule has 4 aliphatic rings. The van der Waals surface area contributed by atoms with Crippen LogP contribution in [-0.2, 0) is 29.6 Å². The molecule has 0 spiro atoms. The van der Waals surface area contributed by atoms with Gasteiger partial charge in [-0.3, -0.25) is 19.3 Å². The first kappa shape index (κ1) is 35.1. The molecular formula is C33H42N4O10S2. The Hall–Kier alpha value is -3.73. The summed E-state index contributed by atoms with van der Waals surface area (Å²) in [6, 6.07) is 5.23. The topological polar surface area (TPSA) is 160 Å². The van der Waals surface area contributed by atoms with Crippen molar-refractivity contribution in [1.82, 2.24) is 18.4 Å². The van der Waals surface area contributed by atoms with Gasteiger partial charge in [-0.25, -0.2) is 30.3 Å². The highest BCUT2D eigenvalue weighted by Crippen LogP contribution is 2.41. The fourth-order valence-electron chi connectivity index (χ4n) is 7.11. The van der Waals surface area contributed by atoms with Gasteiger partial charge in [-0.1, -0.05) is 27.7 Å². The Balaban J connectivity index is 1.18. The first-order valence-corrected chi connectivity index (χ1v) is 19.3. The van der Waals surface area contributed by atoms with Gasteiger partial charge in [0, 0.05) is 25.2 Å². The van der Waals surface area contributed by atoms with Gasteiger partial charge in [0.25, 0.3) is 31.9 Å². The highest BCUT2D eigenvalue weighted by molar-refractivity contribution is 7.90. The molecule has 14 nitrogen and oxygen atoms in total. The van der Waals surface area contributed by atoms with Crippen molar-refractivity contribution in [2.75, 3.05) is 40.6 Å². The van der Waals surface area contributed by atoms with Crippen LogP contribution in [0, 0.1) is 0 Å². The van der Waals surface area contributed by atoms with Crippen LogP contribution in [-0.4, -0.2) is 106 Å². The normalized spacial score (nSPS) is 23.1. The van der Waals surface area contributed by atoms with E-state index in [1.165, 1.54) is 26.4 Å². The van der Waals surface area contributed by atoms with Crippen molar-refractivity contribution in [2.45, 2.75) is 87.3 Å². The molecular weight excluding hydrogens is 677 g/mol. The van der Waals surface area contributed by atoms with Crippen molar-refractivity contribution < 1.29 is 45.4 Å². The van der Waals surface area contributed by atoms with Gasteiger partial charge in [-0.15, -0.1) is 0 Å². The summed E-state index contributed by atoms with van der Waals surface area (Å²) in [6.07, 6.45) is 1.19. The number of hydrogen-bond acceptors (Lipinski definition) is 12. The Kier molecular flexibility index (Phi) is 9.22. The number of ether oxygens (including phenoxy) is 3. The van der Waals surface area contributed by atoms with E-state index < -0.39 is 50.1 Å². The molecule has 16 heteroatoms. The van der Waals surface area contributed by atoms with E-state index in [4.69, 9.17) is 14.2 Å². The van der Waals surface area contributed by atoms with E-state index in [1.807, 2.05) is 27.7 Å². The number of benzene rings is 2. The van der Waals surface area contributed by atoms with Crippen LogP contribution in [0.2, 0.25) is 0 Å². The van der Waals surface area contributed by atoms with Crippen LogP contribution in [0.25, 0.3) is 0 Å². The minimum absolute atomic E-state index is 0.109. The fourth-order valence-corrected chi connectivity index (χ4v) is 10.3. The molecule has 0 saturated carbocycles. The molecule has 2 saturated heterocycles. The molecule has 4 aliphatic heterocycles. The molecule has 2 unspecified atom stereocenters. The van der Waals surface area contributed by atoms with Gasteiger partial charge < -0.3 is 14.2 Å². The van der Waals surface area contributed by atoms with Crippen LogP contribution in [0.5, 0.6) is 11.5 Å². The second kappa shape index (κ2) is 12.9. The van der Waals surface area contributed by atoms with Crippen molar-refractivity contribution in [1.29, 1.82) is 0 Å². The average Bonchev–Trinajstić information content (AvgIpc) is 3.79. The van der Waals surface area contributed by atoms with Gasteiger partial charge in [0.05, 0.1) is 38.7 Å². The average molecular weight is 719 g/mol. The van der Waals surface area contributed by atoms with E-state index in [0.29, 0.717) is 61.4 Å². The number of hydrogen-bond donors (Lipinski definition) is 0. The lowest BCUT2D eigenvalue weighted by Crippen LogP contribution is -2.49. The third-order valence-corrected chi connectivity index (χ3v) is 13.2. The molecule has 6 rings (SSSR count). The lowest BCUT2D eigenvalue weighted by atomic mass is 9.96. The second-order valence-electron chi connectivity index (χ2n) is 13.4. The summed E-state index contributed by atoms with van der Waals surface area (Å²) >= 11 is 0. The molecule has 49 heavy (non-hydrogen) atoms. The number of likely N-dealkylation sites (tertiary alicyclic amines) is 2. The molecule has 2 fully saturated rings. The van der Waals surface area contributed by atoms with Crippen molar-refractivity contribution in [3.63, 3.8) is 0 Å². The van der Waals surface area contributed by atoms with Gasteiger partial charge in [0.15, 0.2) is 6.23 Å². The maximum atomic E-state index is 13.7. The molecule has 266 valence electrons. The summed E-state index contributed by atoms with van der Waals surface area (Å²) in [7, 11) is -5.56. The number of rotatable bonds is 10. The van der Waals surface area contributed by atoms with Gasteiger partial charge in [-0.05, 0) is 60.8 Å². The molecule has 0 radical (unpaired) electrons. The van der Waals surface area contributed by atoms with Gasteiger partial charge >= 0.3 is 5.97 Å². The van der Waals surface area contributed by atoms with Gasteiger partial charge in [0.2, 0.25) is 0 Å². The first-order valence-electron chi connectivity index (χ1n) is 16.4. The number of amides is 2. The van der Waals surface area contributed by atoms with E-state index in [9.17, 15) is 31.2 Å². The largest absolute Gasteiger partial charge is 0.497 e. The zero-order valence-corrected chi connectivity index (χ0v) is 30.1. The predicted octanol–water partition coefficient (Wildman–Crippen LogP) is 3.28. The molecule has 2 amide bonds. The summed E-state index contributed by atoms with van der Waals surface area (Å²) in [4.78, 5) is 43.9. The zero-order valence-electron chi connectivity index (χ0n) is 28.5. The van der Waals surface area contributed by atoms with Crippen LogP contribution < -0.4 is 9.47 Å². The second-order valence-corrected chi connectivity index (χ2v) is 17.1. The van der Waals surface area contributed by atoms with Crippen molar-refractivity contribution >= 4 is 37.8 Å². The Labute approximate surface area is 287 Å². The summed E-state index contributed by atoms with van der Waals surface area (Å²) in [5.41, 5.74) is 1.36. The number of methoxy groups -OCH3 is 2. The Bertz CT molecular complexity index is 1930. The van der Waals surface area contributed by atoms with Gasteiger partial charge in [-0.2, -0.15) is 0 Å². The molecule has 2 aromatic carbocycles. The molecule has 2 aromatic rings. The number of fused-ring (bicyclic) bond motifs is 2. The minimum Gasteiger partial charge on any atom is -0.497 e. The quantitative estimate of drug-likeness (QED) is 0.331. The SMILES string of the molecule is COc1cc(C(C)C)c2c(c1)S(=O)(=O)N(CN1CCCC1OC(=O)C1CCCN1CN1C(=O)c3c(C(C)C)cc(OC)cc3S1(=O)=O)C2=O. The number of nitrogens with zero attached hydrogens (tertiary/aromatic N) is 4. The zero-order chi connectivity index (χ0) is 35.6. The summed E-state index contributed by atoms with van der Waals surface area (Å²) in [5.74, 6) is -1.52. The van der Waals surface area contributed by atoms with Crippen molar-refractivity contribution in [2.24, 2.45) is 0 Å². The predicted molar refractivity (Wildman–Crippen MR) is 176 cm³/mol. The standard InChI is InChI=1S/C33H42N4O10S2/c1-19(2)23-13-21(45-5)15-26-29(23)31(38)36(48(26,41)42)17-34-11-7-9-25(34)33(40)47-28-10-8-12-35(28)18-37-32(39)30-24(20(3)4)14-22(46-6)16-27(30)49(37,43)44/h13-16,19-20,25,28H,7-12,17-18H2,1-6H3. The third-order valence-electron chi connectivity index (χ3n) is 9.76. The minimum atomic E-state index is -4.22. The Morgan fingerprint density at radius 2 is 1.18 bits per heavy atom. The monoisotopic (exact) mass is 718 g/mol. The first-order chi connectivity index (χ1) is 23.1.